The van der Waals surface area contributed by atoms with Gasteiger partial charge in [-0.15, -0.1) is 0 Å². The van der Waals surface area contributed by atoms with Gasteiger partial charge in [-0.1, -0.05) is 0 Å². The minimum Gasteiger partial charge on any atom is -0.356 e. The van der Waals surface area contributed by atoms with Crippen LogP contribution in [0.25, 0.3) is 11.0 Å². The second-order valence-electron chi connectivity index (χ2n) is 6.72. The van der Waals surface area contributed by atoms with Crippen molar-refractivity contribution >= 4 is 42.6 Å². The molecular weight excluding hydrogens is 408 g/mol. The highest BCUT2D eigenvalue weighted by molar-refractivity contribution is 9.10. The van der Waals surface area contributed by atoms with Gasteiger partial charge in [0.15, 0.2) is 15.5 Å². The number of aryl methyl sites for hydroxylation is 1. The second kappa shape index (κ2) is 6.48. The molecule has 0 atom stereocenters. The summed E-state index contributed by atoms with van der Waals surface area (Å²) in [4.78, 5) is 13.5. The number of halogens is 1. The molecule has 136 valence electrons. The Morgan fingerprint density at radius 1 is 1.12 bits per heavy atom. The zero-order valence-electron chi connectivity index (χ0n) is 14.1. The molecule has 2 aliphatic heterocycles. The van der Waals surface area contributed by atoms with Crippen LogP contribution in [-0.4, -0.2) is 76.8 Å². The molecule has 2 aromatic heterocycles. The molecule has 10 heteroatoms. The van der Waals surface area contributed by atoms with Crippen molar-refractivity contribution in [1.29, 1.82) is 0 Å². The summed E-state index contributed by atoms with van der Waals surface area (Å²) in [5.41, 5.74) is 0.820. The minimum atomic E-state index is -2.82. The number of hydrogen-bond donors (Lipinski definition) is 0. The monoisotopic (exact) mass is 428 g/mol. The van der Waals surface area contributed by atoms with Crippen molar-refractivity contribution in [2.75, 3.05) is 42.6 Å². The van der Waals surface area contributed by atoms with Crippen LogP contribution in [0.15, 0.2) is 10.9 Å². The van der Waals surface area contributed by atoms with Crippen LogP contribution in [0.5, 0.6) is 0 Å². The summed E-state index contributed by atoms with van der Waals surface area (Å²) in [6.45, 7) is 3.14. The van der Waals surface area contributed by atoms with Crippen LogP contribution < -0.4 is 4.90 Å². The van der Waals surface area contributed by atoms with Crippen molar-refractivity contribution in [3.05, 3.63) is 10.9 Å². The van der Waals surface area contributed by atoms with E-state index in [1.807, 2.05) is 7.05 Å². The fraction of sp³-hybridized carbons (Fsp3) is 0.667. The lowest BCUT2D eigenvalue weighted by Gasteiger charge is -2.40. The Kier molecular flexibility index (Phi) is 4.45. The van der Waals surface area contributed by atoms with E-state index in [9.17, 15) is 8.42 Å². The molecular formula is C15H21BrN6O2S. The lowest BCUT2D eigenvalue weighted by molar-refractivity contribution is 0.182. The van der Waals surface area contributed by atoms with Gasteiger partial charge in [0.05, 0.1) is 16.9 Å². The van der Waals surface area contributed by atoms with Crippen LogP contribution in [0.1, 0.15) is 12.8 Å². The standard InChI is InChI=1S/C15H21BrN6O2S/c1-20-14-12(13(16)19-20)15(18-10-17-14)22-4-2-11(3-5-22)21-6-8-25(23,24)9-7-21/h10-11H,2-9H2,1H3. The third kappa shape index (κ3) is 3.26. The molecule has 2 saturated heterocycles. The van der Waals surface area contributed by atoms with Gasteiger partial charge in [0, 0.05) is 39.3 Å². The number of sulfone groups is 1. The highest BCUT2D eigenvalue weighted by atomic mass is 79.9. The molecule has 25 heavy (non-hydrogen) atoms. The van der Waals surface area contributed by atoms with E-state index >= 15 is 0 Å². The molecule has 8 nitrogen and oxygen atoms in total. The summed E-state index contributed by atoms with van der Waals surface area (Å²) in [6.07, 6.45) is 3.63. The van der Waals surface area contributed by atoms with E-state index in [0.717, 1.165) is 47.4 Å². The predicted molar refractivity (Wildman–Crippen MR) is 99.5 cm³/mol. The molecule has 4 rings (SSSR count). The molecule has 0 amide bonds. The van der Waals surface area contributed by atoms with E-state index in [2.05, 4.69) is 40.8 Å². The minimum absolute atomic E-state index is 0.294. The van der Waals surface area contributed by atoms with Crippen molar-refractivity contribution in [2.24, 2.45) is 7.05 Å². The summed E-state index contributed by atoms with van der Waals surface area (Å²) >= 11 is 3.52. The van der Waals surface area contributed by atoms with Crippen LogP contribution in [-0.2, 0) is 16.9 Å². The van der Waals surface area contributed by atoms with E-state index in [1.54, 1.807) is 11.0 Å². The van der Waals surface area contributed by atoms with E-state index in [4.69, 9.17) is 0 Å². The number of piperidine rings is 1. The van der Waals surface area contributed by atoms with Gasteiger partial charge in [0.2, 0.25) is 0 Å². The first kappa shape index (κ1) is 17.2. The quantitative estimate of drug-likeness (QED) is 0.699. The Bertz CT molecular complexity index is 877. The first-order chi connectivity index (χ1) is 11.9. The smallest absolute Gasteiger partial charge is 0.164 e. The van der Waals surface area contributed by atoms with E-state index in [1.165, 1.54) is 0 Å². The maximum atomic E-state index is 11.6. The fourth-order valence-electron chi connectivity index (χ4n) is 3.80. The van der Waals surface area contributed by atoms with Gasteiger partial charge in [0.1, 0.15) is 16.7 Å². The zero-order valence-corrected chi connectivity index (χ0v) is 16.5. The van der Waals surface area contributed by atoms with Crippen LogP contribution in [0.2, 0.25) is 0 Å². The van der Waals surface area contributed by atoms with Gasteiger partial charge < -0.3 is 4.90 Å². The maximum Gasteiger partial charge on any atom is 0.164 e. The van der Waals surface area contributed by atoms with Gasteiger partial charge in [-0.25, -0.2) is 23.1 Å². The summed E-state index contributed by atoms with van der Waals surface area (Å²) in [6, 6.07) is 0.460. The van der Waals surface area contributed by atoms with E-state index in [0.29, 0.717) is 30.6 Å². The Labute approximate surface area is 155 Å². The number of hydrogen-bond acceptors (Lipinski definition) is 7. The molecule has 0 radical (unpaired) electrons. The van der Waals surface area contributed by atoms with E-state index in [-0.39, 0.29) is 0 Å². The summed E-state index contributed by atoms with van der Waals surface area (Å²) in [5, 5.41) is 5.34. The molecule has 2 fully saturated rings. The van der Waals surface area contributed by atoms with Gasteiger partial charge in [-0.05, 0) is 28.8 Å². The molecule has 2 aliphatic rings. The Balaban J connectivity index is 1.48. The number of anilines is 1. The van der Waals surface area contributed by atoms with Gasteiger partial charge in [-0.2, -0.15) is 5.10 Å². The molecule has 0 N–H and O–H groups in total. The molecule has 0 unspecified atom stereocenters. The molecule has 0 saturated carbocycles. The summed E-state index contributed by atoms with van der Waals surface area (Å²) in [5.74, 6) is 1.51. The number of rotatable bonds is 2. The van der Waals surface area contributed by atoms with Crippen LogP contribution in [0.4, 0.5) is 5.82 Å². The lowest BCUT2D eigenvalue weighted by Crippen LogP contribution is -2.50. The van der Waals surface area contributed by atoms with Gasteiger partial charge >= 0.3 is 0 Å². The van der Waals surface area contributed by atoms with Crippen LogP contribution in [0.3, 0.4) is 0 Å². The van der Waals surface area contributed by atoms with Crippen molar-refractivity contribution in [1.82, 2.24) is 24.6 Å². The third-order valence-electron chi connectivity index (χ3n) is 5.22. The predicted octanol–water partition coefficient (Wildman–Crippen LogP) is 0.825. The Morgan fingerprint density at radius 3 is 2.48 bits per heavy atom. The number of fused-ring (bicyclic) bond motifs is 1. The van der Waals surface area contributed by atoms with Crippen molar-refractivity contribution < 1.29 is 8.42 Å². The van der Waals surface area contributed by atoms with Gasteiger partial charge in [-0.3, -0.25) is 4.90 Å². The van der Waals surface area contributed by atoms with Crippen LogP contribution >= 0.6 is 15.9 Å². The highest BCUT2D eigenvalue weighted by Crippen LogP contribution is 2.31. The molecule has 0 aliphatic carbocycles. The number of nitrogens with zero attached hydrogens (tertiary/aromatic N) is 6. The molecule has 0 bridgehead atoms. The Hall–Kier alpha value is -1.26. The first-order valence-electron chi connectivity index (χ1n) is 8.47. The largest absolute Gasteiger partial charge is 0.356 e. The van der Waals surface area contributed by atoms with Crippen molar-refractivity contribution in [2.45, 2.75) is 18.9 Å². The summed E-state index contributed by atoms with van der Waals surface area (Å²) in [7, 11) is -0.943. The second-order valence-corrected chi connectivity index (χ2v) is 9.77. The molecule has 0 aromatic carbocycles. The van der Waals surface area contributed by atoms with Crippen molar-refractivity contribution in [3.63, 3.8) is 0 Å². The zero-order chi connectivity index (χ0) is 17.6. The molecule has 0 spiro atoms. The topological polar surface area (TPSA) is 84.2 Å². The van der Waals surface area contributed by atoms with Crippen molar-refractivity contribution in [3.8, 4) is 0 Å². The average molecular weight is 429 g/mol. The Morgan fingerprint density at radius 2 is 1.80 bits per heavy atom. The van der Waals surface area contributed by atoms with Gasteiger partial charge in [0.25, 0.3) is 0 Å². The number of aromatic nitrogens is 4. The maximum absolute atomic E-state index is 11.6. The highest BCUT2D eigenvalue weighted by Gasteiger charge is 2.30. The van der Waals surface area contributed by atoms with E-state index < -0.39 is 9.84 Å². The normalized spacial score (nSPS) is 22.6. The molecule has 2 aromatic rings. The van der Waals surface area contributed by atoms with Crippen LogP contribution in [0, 0.1) is 0 Å². The SMILES string of the molecule is Cn1nc(Br)c2c(N3CCC(N4CCS(=O)(=O)CC4)CC3)ncnc21. The summed E-state index contributed by atoms with van der Waals surface area (Å²) < 4.78 is 25.7. The third-order valence-corrected chi connectivity index (χ3v) is 7.38. The first-order valence-corrected chi connectivity index (χ1v) is 11.1. The lowest BCUT2D eigenvalue weighted by atomic mass is 10.0. The molecule has 4 heterocycles. The average Bonchev–Trinajstić information content (AvgIpc) is 2.90. The fourth-order valence-corrected chi connectivity index (χ4v) is 5.62.